The van der Waals surface area contributed by atoms with Gasteiger partial charge in [-0.15, -0.1) is 11.3 Å². The SMILES string of the molecule is Nc1c(C(=O)NCC2CCC(=O)N2)sc2cccc(Br)c12. The number of carbonyl (C=O) groups is 2. The predicted octanol–water partition coefficient (Wildman–Crippen LogP) is 2.25. The molecule has 2 aromatic rings. The Morgan fingerprint density at radius 3 is 3.00 bits per heavy atom. The fourth-order valence-corrected chi connectivity index (χ4v) is 4.20. The van der Waals surface area contributed by atoms with Crippen molar-refractivity contribution in [1.29, 1.82) is 0 Å². The van der Waals surface area contributed by atoms with Gasteiger partial charge in [-0.2, -0.15) is 0 Å². The van der Waals surface area contributed by atoms with Crippen LogP contribution >= 0.6 is 27.3 Å². The lowest BCUT2D eigenvalue weighted by atomic mass is 10.2. The maximum absolute atomic E-state index is 12.3. The van der Waals surface area contributed by atoms with Crippen LogP contribution in [0.5, 0.6) is 0 Å². The Kier molecular flexibility index (Phi) is 3.86. The Balaban J connectivity index is 1.77. The van der Waals surface area contributed by atoms with Crippen LogP contribution < -0.4 is 16.4 Å². The number of nitrogen functional groups attached to an aromatic ring is 1. The predicted molar refractivity (Wildman–Crippen MR) is 87.4 cm³/mol. The van der Waals surface area contributed by atoms with Crippen LogP contribution in [0.25, 0.3) is 10.1 Å². The summed E-state index contributed by atoms with van der Waals surface area (Å²) in [6.07, 6.45) is 1.28. The highest BCUT2D eigenvalue weighted by molar-refractivity contribution is 9.10. The zero-order valence-corrected chi connectivity index (χ0v) is 13.5. The number of hydrogen-bond acceptors (Lipinski definition) is 4. The Hall–Kier alpha value is -1.60. The molecular weight excluding hydrogens is 354 g/mol. The lowest BCUT2D eigenvalue weighted by Crippen LogP contribution is -2.38. The minimum atomic E-state index is -0.193. The summed E-state index contributed by atoms with van der Waals surface area (Å²) in [4.78, 5) is 23.9. The summed E-state index contributed by atoms with van der Waals surface area (Å²) >= 11 is 4.83. The third-order valence-electron chi connectivity index (χ3n) is 3.50. The third kappa shape index (κ3) is 2.75. The number of halogens is 1. The van der Waals surface area contributed by atoms with E-state index >= 15 is 0 Å². The Morgan fingerprint density at radius 1 is 1.52 bits per heavy atom. The first-order valence-electron chi connectivity index (χ1n) is 6.60. The van der Waals surface area contributed by atoms with Crippen molar-refractivity contribution in [1.82, 2.24) is 10.6 Å². The molecule has 0 bridgehead atoms. The standard InChI is InChI=1S/C14H14BrN3O2S/c15-8-2-1-3-9-11(8)12(16)13(21-9)14(20)17-6-7-4-5-10(19)18-7/h1-3,7H,4-6,16H2,(H,17,20)(H,18,19). The molecule has 1 aromatic carbocycles. The van der Waals surface area contributed by atoms with E-state index in [0.29, 0.717) is 23.5 Å². The molecular formula is C14H14BrN3O2S. The molecule has 5 nitrogen and oxygen atoms in total. The summed E-state index contributed by atoms with van der Waals surface area (Å²) in [5.41, 5.74) is 6.59. The van der Waals surface area contributed by atoms with E-state index < -0.39 is 0 Å². The number of fused-ring (bicyclic) bond motifs is 1. The topological polar surface area (TPSA) is 84.2 Å². The highest BCUT2D eigenvalue weighted by atomic mass is 79.9. The molecule has 3 rings (SSSR count). The molecule has 0 radical (unpaired) electrons. The van der Waals surface area contributed by atoms with Crippen molar-refractivity contribution in [2.45, 2.75) is 18.9 Å². The lowest BCUT2D eigenvalue weighted by molar-refractivity contribution is -0.119. The van der Waals surface area contributed by atoms with Gasteiger partial charge in [0, 0.05) is 33.6 Å². The Labute approximate surface area is 134 Å². The van der Waals surface area contributed by atoms with Crippen LogP contribution in [-0.4, -0.2) is 24.4 Å². The van der Waals surface area contributed by atoms with Crippen molar-refractivity contribution in [3.63, 3.8) is 0 Å². The fraction of sp³-hybridized carbons (Fsp3) is 0.286. The van der Waals surface area contributed by atoms with Crippen LogP contribution in [0.4, 0.5) is 5.69 Å². The smallest absolute Gasteiger partial charge is 0.263 e. The van der Waals surface area contributed by atoms with E-state index in [9.17, 15) is 9.59 Å². The zero-order chi connectivity index (χ0) is 15.0. The number of anilines is 1. The van der Waals surface area contributed by atoms with Crippen molar-refractivity contribution >= 4 is 54.9 Å². The number of amides is 2. The van der Waals surface area contributed by atoms with Gasteiger partial charge in [-0.25, -0.2) is 0 Å². The van der Waals surface area contributed by atoms with Crippen LogP contribution in [-0.2, 0) is 4.79 Å². The van der Waals surface area contributed by atoms with Gasteiger partial charge in [0.25, 0.3) is 5.91 Å². The average Bonchev–Trinajstić information content (AvgIpc) is 3.01. The van der Waals surface area contributed by atoms with Crippen molar-refractivity contribution < 1.29 is 9.59 Å². The van der Waals surface area contributed by atoms with Crippen molar-refractivity contribution in [3.05, 3.63) is 27.5 Å². The molecule has 2 heterocycles. The van der Waals surface area contributed by atoms with Crippen molar-refractivity contribution in [2.24, 2.45) is 0 Å². The quantitative estimate of drug-likeness (QED) is 0.777. The summed E-state index contributed by atoms with van der Waals surface area (Å²) in [5, 5.41) is 6.54. The van der Waals surface area contributed by atoms with Crippen LogP contribution in [0.15, 0.2) is 22.7 Å². The maximum Gasteiger partial charge on any atom is 0.263 e. The molecule has 0 aliphatic carbocycles. The molecule has 0 spiro atoms. The molecule has 110 valence electrons. The third-order valence-corrected chi connectivity index (χ3v) is 5.33. The lowest BCUT2D eigenvalue weighted by Gasteiger charge is -2.10. The van der Waals surface area contributed by atoms with Gasteiger partial charge in [-0.1, -0.05) is 22.0 Å². The first-order chi connectivity index (χ1) is 10.1. The molecule has 1 aromatic heterocycles. The minimum Gasteiger partial charge on any atom is -0.397 e. The molecule has 1 aliphatic rings. The highest BCUT2D eigenvalue weighted by Gasteiger charge is 2.23. The molecule has 1 fully saturated rings. The molecule has 1 atom stereocenters. The van der Waals surface area contributed by atoms with Gasteiger partial charge in [0.1, 0.15) is 4.88 Å². The normalized spacial score (nSPS) is 18.0. The largest absolute Gasteiger partial charge is 0.397 e. The second-order valence-electron chi connectivity index (χ2n) is 4.97. The van der Waals surface area contributed by atoms with Gasteiger partial charge in [-0.3, -0.25) is 9.59 Å². The van der Waals surface area contributed by atoms with E-state index in [1.165, 1.54) is 11.3 Å². The van der Waals surface area contributed by atoms with E-state index in [0.717, 1.165) is 21.0 Å². The summed E-state index contributed by atoms with van der Waals surface area (Å²) in [6, 6.07) is 5.78. The van der Waals surface area contributed by atoms with Crippen LogP contribution in [0.1, 0.15) is 22.5 Å². The van der Waals surface area contributed by atoms with Crippen molar-refractivity contribution in [2.75, 3.05) is 12.3 Å². The monoisotopic (exact) mass is 367 g/mol. The number of thiophene rings is 1. The minimum absolute atomic E-state index is 0.0174. The van der Waals surface area contributed by atoms with E-state index in [-0.39, 0.29) is 17.9 Å². The van der Waals surface area contributed by atoms with E-state index in [2.05, 4.69) is 26.6 Å². The average molecular weight is 368 g/mol. The molecule has 1 unspecified atom stereocenters. The fourth-order valence-electron chi connectivity index (χ4n) is 2.42. The van der Waals surface area contributed by atoms with Crippen molar-refractivity contribution in [3.8, 4) is 0 Å². The number of carbonyl (C=O) groups excluding carboxylic acids is 2. The number of hydrogen-bond donors (Lipinski definition) is 3. The molecule has 0 saturated carbocycles. The van der Waals surface area contributed by atoms with E-state index in [1.54, 1.807) is 0 Å². The summed E-state index contributed by atoms with van der Waals surface area (Å²) in [6.45, 7) is 0.430. The number of rotatable bonds is 3. The van der Waals surface area contributed by atoms with Crippen LogP contribution in [0, 0.1) is 0 Å². The second-order valence-corrected chi connectivity index (χ2v) is 6.88. The summed E-state index contributed by atoms with van der Waals surface area (Å²) in [7, 11) is 0. The molecule has 1 saturated heterocycles. The molecule has 1 aliphatic heterocycles. The van der Waals surface area contributed by atoms with Crippen LogP contribution in [0.2, 0.25) is 0 Å². The van der Waals surface area contributed by atoms with E-state index in [4.69, 9.17) is 5.73 Å². The van der Waals surface area contributed by atoms with Gasteiger partial charge < -0.3 is 16.4 Å². The number of nitrogens with two attached hydrogens (primary N) is 1. The zero-order valence-electron chi connectivity index (χ0n) is 11.1. The first-order valence-corrected chi connectivity index (χ1v) is 8.21. The first kappa shape index (κ1) is 14.3. The van der Waals surface area contributed by atoms with Gasteiger partial charge >= 0.3 is 0 Å². The van der Waals surface area contributed by atoms with E-state index in [1.807, 2.05) is 18.2 Å². The molecule has 7 heteroatoms. The van der Waals surface area contributed by atoms with Gasteiger partial charge in [0.15, 0.2) is 0 Å². The molecule has 4 N–H and O–H groups in total. The summed E-state index contributed by atoms with van der Waals surface area (Å²) < 4.78 is 1.86. The van der Waals surface area contributed by atoms with Crippen LogP contribution in [0.3, 0.4) is 0 Å². The summed E-state index contributed by atoms with van der Waals surface area (Å²) in [5.74, 6) is -0.152. The number of nitrogens with one attached hydrogen (secondary N) is 2. The molecule has 21 heavy (non-hydrogen) atoms. The van der Waals surface area contributed by atoms with Gasteiger partial charge in [-0.05, 0) is 18.6 Å². The Bertz CT molecular complexity index is 728. The maximum atomic E-state index is 12.3. The second kappa shape index (κ2) is 5.65. The Morgan fingerprint density at radius 2 is 2.33 bits per heavy atom. The number of benzene rings is 1. The molecule has 2 amide bonds. The van der Waals surface area contributed by atoms with Gasteiger partial charge in [0.2, 0.25) is 5.91 Å². The van der Waals surface area contributed by atoms with Gasteiger partial charge in [0.05, 0.1) is 5.69 Å². The highest BCUT2D eigenvalue weighted by Crippen LogP contribution is 2.38.